The molecule has 0 aromatic heterocycles. The van der Waals surface area contributed by atoms with Crippen LogP contribution < -0.4 is 10.0 Å². The first-order valence-corrected chi connectivity index (χ1v) is 14.1. The van der Waals surface area contributed by atoms with Gasteiger partial charge >= 0.3 is 6.03 Å². The van der Waals surface area contributed by atoms with Gasteiger partial charge in [0.15, 0.2) is 0 Å². The van der Waals surface area contributed by atoms with Crippen LogP contribution in [-0.4, -0.2) is 63.4 Å². The van der Waals surface area contributed by atoms with Crippen molar-refractivity contribution in [3.63, 3.8) is 0 Å². The molecular weight excluding hydrogens is 476 g/mol. The van der Waals surface area contributed by atoms with E-state index < -0.39 is 10.0 Å². The number of likely N-dealkylation sites (tertiary alicyclic amines) is 1. The Balaban J connectivity index is 1.55. The van der Waals surface area contributed by atoms with Crippen molar-refractivity contribution in [1.29, 1.82) is 0 Å². The molecule has 2 aromatic carbocycles. The van der Waals surface area contributed by atoms with Crippen LogP contribution in [0.5, 0.6) is 0 Å². The molecule has 0 saturated carbocycles. The van der Waals surface area contributed by atoms with Crippen LogP contribution in [-0.2, 0) is 22.9 Å². The van der Waals surface area contributed by atoms with Gasteiger partial charge in [-0.05, 0) is 79.8 Å². The highest BCUT2D eigenvalue weighted by Crippen LogP contribution is 2.34. The maximum atomic E-state index is 13.6. The quantitative estimate of drug-likeness (QED) is 0.637. The zero-order chi connectivity index (χ0) is 26.0. The van der Waals surface area contributed by atoms with Crippen molar-refractivity contribution in [2.45, 2.75) is 56.9 Å². The van der Waals surface area contributed by atoms with Gasteiger partial charge in [0.2, 0.25) is 10.0 Å². The minimum atomic E-state index is -3.77. The summed E-state index contributed by atoms with van der Waals surface area (Å²) < 4.78 is 30.0. The number of carbonyl (C=O) groups is 2. The van der Waals surface area contributed by atoms with Gasteiger partial charge in [-0.1, -0.05) is 25.1 Å². The van der Waals surface area contributed by atoms with Gasteiger partial charge in [0, 0.05) is 44.5 Å². The number of urea groups is 1. The number of amides is 3. The number of rotatable bonds is 5. The largest absolute Gasteiger partial charge is 0.331 e. The first-order valence-electron chi connectivity index (χ1n) is 12.6. The number of aryl methyl sites for hydroxylation is 1. The van der Waals surface area contributed by atoms with E-state index in [1.807, 2.05) is 32.0 Å². The van der Waals surface area contributed by atoms with Crippen LogP contribution in [0.25, 0.3) is 0 Å². The number of benzene rings is 2. The van der Waals surface area contributed by atoms with Crippen molar-refractivity contribution >= 4 is 27.6 Å². The first kappa shape index (κ1) is 26.2. The van der Waals surface area contributed by atoms with Crippen LogP contribution in [0.3, 0.4) is 0 Å². The second-order valence-corrected chi connectivity index (χ2v) is 11.8. The fraction of sp³-hybridized carbons (Fsp3) is 0.481. The minimum Gasteiger partial charge on any atom is -0.331 e. The molecule has 0 radical (unpaired) electrons. The third-order valence-corrected chi connectivity index (χ3v) is 8.86. The highest BCUT2D eigenvalue weighted by atomic mass is 32.2. The Bertz CT molecular complexity index is 1260. The normalized spacial score (nSPS) is 19.9. The predicted octanol–water partition coefficient (Wildman–Crippen LogP) is 3.80. The van der Waals surface area contributed by atoms with E-state index in [0.717, 1.165) is 36.0 Å². The number of piperidine rings is 1. The fourth-order valence-electron chi connectivity index (χ4n) is 5.26. The molecule has 4 rings (SSSR count). The van der Waals surface area contributed by atoms with Gasteiger partial charge in [0.1, 0.15) is 0 Å². The van der Waals surface area contributed by atoms with Crippen LogP contribution in [0.15, 0.2) is 41.3 Å². The topological polar surface area (TPSA) is 98.8 Å². The maximum Gasteiger partial charge on any atom is 0.319 e. The molecule has 2 aromatic rings. The molecule has 2 N–H and O–H groups in total. The number of anilines is 1. The molecule has 194 valence electrons. The maximum absolute atomic E-state index is 13.6. The Hall–Kier alpha value is -2.91. The number of hydrogen-bond donors (Lipinski definition) is 2. The van der Waals surface area contributed by atoms with Crippen LogP contribution in [0, 0.1) is 12.8 Å². The number of carbonyl (C=O) groups excluding carboxylic acids is 2. The lowest BCUT2D eigenvalue weighted by Gasteiger charge is -2.38. The van der Waals surface area contributed by atoms with Crippen molar-refractivity contribution in [2.24, 2.45) is 5.92 Å². The van der Waals surface area contributed by atoms with Gasteiger partial charge in [-0.3, -0.25) is 4.79 Å². The fourth-order valence-corrected chi connectivity index (χ4v) is 6.93. The van der Waals surface area contributed by atoms with Crippen LogP contribution >= 0.6 is 0 Å². The van der Waals surface area contributed by atoms with E-state index in [2.05, 4.69) is 10.0 Å². The third-order valence-electron chi connectivity index (χ3n) is 7.28. The highest BCUT2D eigenvalue weighted by molar-refractivity contribution is 7.89. The zero-order valence-corrected chi connectivity index (χ0v) is 22.3. The van der Waals surface area contributed by atoms with E-state index >= 15 is 0 Å². The summed E-state index contributed by atoms with van der Waals surface area (Å²) in [6, 6.07) is 10.4. The molecule has 1 aliphatic heterocycles. The van der Waals surface area contributed by atoms with Gasteiger partial charge < -0.3 is 15.1 Å². The standard InChI is InChI=1S/C27H36N4O4S/c1-18-9-5-6-10-20(18)26(32)28-24-13-14-25(22-12-8-7-11-21(22)24)36(34,35)29-23-15-16-31(17-19(23)2)27(33)30(3)4/h5-6,9-10,13-14,19,23,29H,7-8,11-12,15-17H2,1-4H3,(H,28,32)/t19-,23-/m1/s1. The summed E-state index contributed by atoms with van der Waals surface area (Å²) in [4.78, 5) is 28.9. The smallest absolute Gasteiger partial charge is 0.319 e. The van der Waals surface area contributed by atoms with Crippen LogP contribution in [0.1, 0.15) is 53.2 Å². The number of nitrogens with zero attached hydrogens (tertiary/aromatic N) is 2. The lowest BCUT2D eigenvalue weighted by molar-refractivity contribution is 0.102. The Labute approximate surface area is 214 Å². The molecule has 2 aliphatic rings. The Kier molecular flexibility index (Phi) is 7.70. The summed E-state index contributed by atoms with van der Waals surface area (Å²) in [6.07, 6.45) is 3.81. The number of fused-ring (bicyclic) bond motifs is 1. The second kappa shape index (κ2) is 10.6. The summed E-state index contributed by atoms with van der Waals surface area (Å²) >= 11 is 0. The molecular formula is C27H36N4O4S. The van der Waals surface area contributed by atoms with Crippen molar-refractivity contribution in [1.82, 2.24) is 14.5 Å². The second-order valence-electron chi connectivity index (χ2n) is 10.2. The molecule has 0 bridgehead atoms. The predicted molar refractivity (Wildman–Crippen MR) is 141 cm³/mol. The summed E-state index contributed by atoms with van der Waals surface area (Å²) in [5, 5.41) is 3.02. The molecule has 1 saturated heterocycles. The molecule has 0 spiro atoms. The first-order chi connectivity index (χ1) is 17.1. The van der Waals surface area contributed by atoms with Crippen molar-refractivity contribution < 1.29 is 18.0 Å². The van der Waals surface area contributed by atoms with Gasteiger partial charge in [-0.15, -0.1) is 0 Å². The number of hydrogen-bond acceptors (Lipinski definition) is 4. The van der Waals surface area contributed by atoms with E-state index in [1.165, 1.54) is 0 Å². The monoisotopic (exact) mass is 512 g/mol. The van der Waals surface area contributed by atoms with Gasteiger partial charge in [-0.25, -0.2) is 17.9 Å². The van der Waals surface area contributed by atoms with E-state index in [4.69, 9.17) is 0 Å². The van der Waals surface area contributed by atoms with Crippen molar-refractivity contribution in [3.05, 3.63) is 58.7 Å². The molecule has 36 heavy (non-hydrogen) atoms. The van der Waals surface area contributed by atoms with Crippen LogP contribution in [0.4, 0.5) is 10.5 Å². The summed E-state index contributed by atoms with van der Waals surface area (Å²) in [5.41, 5.74) is 3.88. The minimum absolute atomic E-state index is 0.0130. The van der Waals surface area contributed by atoms with E-state index in [1.54, 1.807) is 42.1 Å². The molecule has 3 amide bonds. The summed E-state index contributed by atoms with van der Waals surface area (Å²) in [7, 11) is -0.328. The number of sulfonamides is 1. The molecule has 0 unspecified atom stereocenters. The molecule has 2 atom stereocenters. The van der Waals surface area contributed by atoms with Gasteiger partial charge in [0.25, 0.3) is 5.91 Å². The lowest BCUT2D eigenvalue weighted by atomic mass is 9.90. The third kappa shape index (κ3) is 5.42. The van der Waals surface area contributed by atoms with Gasteiger partial charge in [0.05, 0.1) is 4.90 Å². The van der Waals surface area contributed by atoms with E-state index in [9.17, 15) is 18.0 Å². The summed E-state index contributed by atoms with van der Waals surface area (Å²) in [6.45, 7) is 4.89. The molecule has 9 heteroatoms. The summed E-state index contributed by atoms with van der Waals surface area (Å²) in [5.74, 6) is -0.205. The molecule has 1 fully saturated rings. The Morgan fingerprint density at radius 2 is 1.72 bits per heavy atom. The van der Waals surface area contributed by atoms with Crippen molar-refractivity contribution in [3.8, 4) is 0 Å². The molecule has 1 heterocycles. The number of nitrogens with one attached hydrogen (secondary N) is 2. The molecule has 1 aliphatic carbocycles. The Morgan fingerprint density at radius 3 is 2.39 bits per heavy atom. The van der Waals surface area contributed by atoms with E-state index in [0.29, 0.717) is 42.1 Å². The average Bonchev–Trinajstić information content (AvgIpc) is 2.85. The van der Waals surface area contributed by atoms with E-state index in [-0.39, 0.29) is 23.9 Å². The SMILES string of the molecule is Cc1ccccc1C(=O)Nc1ccc(S(=O)(=O)N[C@@H]2CCN(C(=O)N(C)C)C[C@H]2C)c2c1CCCC2. The Morgan fingerprint density at radius 1 is 1.03 bits per heavy atom. The van der Waals surface area contributed by atoms with Crippen LogP contribution in [0.2, 0.25) is 0 Å². The molecule has 8 nitrogen and oxygen atoms in total. The lowest BCUT2D eigenvalue weighted by Crippen LogP contribution is -2.53. The van der Waals surface area contributed by atoms with Gasteiger partial charge in [-0.2, -0.15) is 0 Å². The average molecular weight is 513 g/mol. The van der Waals surface area contributed by atoms with Crippen molar-refractivity contribution in [2.75, 3.05) is 32.5 Å². The zero-order valence-electron chi connectivity index (χ0n) is 21.5. The highest BCUT2D eigenvalue weighted by Gasteiger charge is 2.34.